The molecule has 0 radical (unpaired) electrons. The Balaban J connectivity index is 2.16. The maximum Gasteiger partial charge on any atom is 0.243 e. The second-order valence-electron chi connectivity index (χ2n) is 4.98. The van der Waals surface area contributed by atoms with Crippen LogP contribution in [0.25, 0.3) is 0 Å². The number of hydrogen-bond acceptors (Lipinski definition) is 3. The van der Waals surface area contributed by atoms with Gasteiger partial charge in [-0.2, -0.15) is 4.31 Å². The average molecular weight is 361 g/mol. The van der Waals surface area contributed by atoms with Crippen molar-refractivity contribution in [3.63, 3.8) is 0 Å². The first kappa shape index (κ1) is 15.9. The summed E-state index contributed by atoms with van der Waals surface area (Å²) in [5, 5.41) is 0. The number of likely N-dealkylation sites (N-methyl/N-ethyl adjacent to an activating group) is 1. The largest absolute Gasteiger partial charge is 0.300 e. The summed E-state index contributed by atoms with van der Waals surface area (Å²) in [6, 6.07) is 7.26. The molecule has 6 heteroatoms. The van der Waals surface area contributed by atoms with E-state index < -0.39 is 10.0 Å². The molecule has 0 saturated carbocycles. The van der Waals surface area contributed by atoms with Crippen molar-refractivity contribution in [1.82, 2.24) is 9.21 Å². The fourth-order valence-corrected chi connectivity index (χ4v) is 4.83. The summed E-state index contributed by atoms with van der Waals surface area (Å²) in [5.74, 6) is 0. The van der Waals surface area contributed by atoms with Gasteiger partial charge in [-0.15, -0.1) is 0 Å². The summed E-state index contributed by atoms with van der Waals surface area (Å²) in [6.07, 6.45) is 0.912. The van der Waals surface area contributed by atoms with Crippen LogP contribution in [0.1, 0.15) is 20.3 Å². The van der Waals surface area contributed by atoms with Gasteiger partial charge < -0.3 is 0 Å². The summed E-state index contributed by atoms with van der Waals surface area (Å²) in [7, 11) is -3.37. The lowest BCUT2D eigenvalue weighted by atomic mass is 10.2. The summed E-state index contributed by atoms with van der Waals surface area (Å²) in [6.45, 7) is 7.37. The van der Waals surface area contributed by atoms with Crippen molar-refractivity contribution in [1.29, 1.82) is 0 Å². The van der Waals surface area contributed by atoms with Crippen molar-refractivity contribution >= 4 is 26.0 Å². The lowest BCUT2D eigenvalue weighted by Crippen LogP contribution is -2.38. The van der Waals surface area contributed by atoms with Crippen molar-refractivity contribution in [3.05, 3.63) is 28.7 Å². The molecule has 0 bridgehead atoms. The monoisotopic (exact) mass is 360 g/mol. The minimum Gasteiger partial charge on any atom is -0.300 e. The van der Waals surface area contributed by atoms with Crippen LogP contribution in [0.3, 0.4) is 0 Å². The van der Waals surface area contributed by atoms with Crippen molar-refractivity contribution < 1.29 is 8.42 Å². The van der Waals surface area contributed by atoms with E-state index in [-0.39, 0.29) is 0 Å². The zero-order chi connectivity index (χ0) is 14.8. The Morgan fingerprint density at radius 1 is 1.35 bits per heavy atom. The zero-order valence-corrected chi connectivity index (χ0v) is 14.3. The van der Waals surface area contributed by atoms with Crippen molar-refractivity contribution in [3.8, 4) is 0 Å². The first-order valence-electron chi connectivity index (χ1n) is 6.98. The molecule has 1 aliphatic rings. The third-order valence-corrected chi connectivity index (χ3v) is 6.24. The third kappa shape index (κ3) is 3.24. The second-order valence-corrected chi connectivity index (χ2v) is 7.84. The Morgan fingerprint density at radius 3 is 2.65 bits per heavy atom. The summed E-state index contributed by atoms with van der Waals surface area (Å²) in [5.41, 5.74) is 0. The normalized spacial score (nSPS) is 20.7. The van der Waals surface area contributed by atoms with Crippen LogP contribution in [0.2, 0.25) is 0 Å². The second kappa shape index (κ2) is 6.56. The van der Waals surface area contributed by atoms with Crippen LogP contribution in [0.5, 0.6) is 0 Å². The number of rotatable bonds is 5. The van der Waals surface area contributed by atoms with E-state index in [1.807, 2.05) is 6.07 Å². The third-order valence-electron chi connectivity index (χ3n) is 3.89. The first-order chi connectivity index (χ1) is 9.48. The highest BCUT2D eigenvalue weighted by Gasteiger charge is 2.34. The molecule has 1 unspecified atom stereocenters. The van der Waals surface area contributed by atoms with Gasteiger partial charge in [0.25, 0.3) is 0 Å². The Labute approximate surface area is 129 Å². The molecule has 0 aliphatic carbocycles. The molecular formula is C14H21BrN2O2S. The fourth-order valence-electron chi connectivity index (χ4n) is 2.74. The first-order valence-corrected chi connectivity index (χ1v) is 9.22. The smallest absolute Gasteiger partial charge is 0.243 e. The summed E-state index contributed by atoms with van der Waals surface area (Å²) >= 11 is 3.33. The Morgan fingerprint density at radius 2 is 2.05 bits per heavy atom. The lowest BCUT2D eigenvalue weighted by Gasteiger charge is -2.26. The van der Waals surface area contributed by atoms with Gasteiger partial charge in [-0.05, 0) is 37.7 Å². The minimum absolute atomic E-state index is 0.340. The van der Waals surface area contributed by atoms with E-state index in [4.69, 9.17) is 0 Å². The Kier molecular flexibility index (Phi) is 5.23. The fraction of sp³-hybridized carbons (Fsp3) is 0.571. The molecule has 1 aromatic rings. The van der Waals surface area contributed by atoms with Gasteiger partial charge in [0.05, 0.1) is 4.90 Å². The quantitative estimate of drug-likeness (QED) is 0.809. The number of benzene rings is 1. The molecule has 1 aliphatic heterocycles. The van der Waals surface area contributed by atoms with E-state index in [0.29, 0.717) is 24.0 Å². The molecule has 1 aromatic carbocycles. The number of nitrogens with zero attached hydrogens (tertiary/aromatic N) is 2. The van der Waals surface area contributed by atoms with E-state index in [0.717, 1.165) is 24.0 Å². The molecule has 0 amide bonds. The highest BCUT2D eigenvalue weighted by atomic mass is 79.9. The average Bonchev–Trinajstić information content (AvgIpc) is 2.90. The molecule has 2 rings (SSSR count). The van der Waals surface area contributed by atoms with Gasteiger partial charge in [0.2, 0.25) is 10.0 Å². The predicted octanol–water partition coefficient (Wildman–Crippen LogP) is 2.55. The molecular weight excluding hydrogens is 340 g/mol. The van der Waals surface area contributed by atoms with Crippen molar-refractivity contribution in [2.75, 3.05) is 26.2 Å². The number of hydrogen-bond donors (Lipinski definition) is 0. The highest BCUT2D eigenvalue weighted by molar-refractivity contribution is 9.10. The molecule has 112 valence electrons. The molecule has 0 N–H and O–H groups in total. The van der Waals surface area contributed by atoms with Crippen LogP contribution in [0, 0.1) is 0 Å². The number of halogens is 1. The van der Waals surface area contributed by atoms with E-state index >= 15 is 0 Å². The summed E-state index contributed by atoms with van der Waals surface area (Å²) < 4.78 is 27.6. The molecule has 1 saturated heterocycles. The van der Waals surface area contributed by atoms with Gasteiger partial charge in [0, 0.05) is 23.6 Å². The van der Waals surface area contributed by atoms with Crippen LogP contribution in [-0.4, -0.2) is 49.8 Å². The molecule has 20 heavy (non-hydrogen) atoms. The molecule has 1 heterocycles. The van der Waals surface area contributed by atoms with Crippen LogP contribution in [0.4, 0.5) is 0 Å². The molecule has 1 atom stereocenters. The Hall–Kier alpha value is -0.430. The number of sulfonamides is 1. The molecule has 0 spiro atoms. The molecule has 4 nitrogen and oxygen atoms in total. The van der Waals surface area contributed by atoms with Crippen molar-refractivity contribution in [2.45, 2.75) is 31.2 Å². The SMILES string of the molecule is CCN(CC)C1CCN(S(=O)(=O)c2cccc(Br)c2)C1. The highest BCUT2D eigenvalue weighted by Crippen LogP contribution is 2.25. The van der Waals surface area contributed by atoms with Crippen LogP contribution < -0.4 is 0 Å². The van der Waals surface area contributed by atoms with Crippen molar-refractivity contribution in [2.24, 2.45) is 0 Å². The molecule has 0 aromatic heterocycles. The van der Waals surface area contributed by atoms with E-state index in [1.54, 1.807) is 22.5 Å². The van der Waals surface area contributed by atoms with Crippen LogP contribution >= 0.6 is 15.9 Å². The van der Waals surface area contributed by atoms with E-state index in [9.17, 15) is 8.42 Å². The van der Waals surface area contributed by atoms with Gasteiger partial charge in [-0.25, -0.2) is 8.42 Å². The standard InChI is InChI=1S/C14H21BrN2O2S/c1-3-16(4-2)13-8-9-17(11-13)20(18,19)14-7-5-6-12(15)10-14/h5-7,10,13H,3-4,8-9,11H2,1-2H3. The van der Waals surface area contributed by atoms with Gasteiger partial charge >= 0.3 is 0 Å². The maximum atomic E-state index is 12.6. The van der Waals surface area contributed by atoms with Gasteiger partial charge in [0.1, 0.15) is 0 Å². The zero-order valence-electron chi connectivity index (χ0n) is 11.9. The topological polar surface area (TPSA) is 40.6 Å². The van der Waals surface area contributed by atoms with Gasteiger partial charge in [-0.1, -0.05) is 35.8 Å². The van der Waals surface area contributed by atoms with Crippen LogP contribution in [-0.2, 0) is 10.0 Å². The lowest BCUT2D eigenvalue weighted by molar-refractivity contribution is 0.224. The predicted molar refractivity (Wildman–Crippen MR) is 84.2 cm³/mol. The van der Waals surface area contributed by atoms with Gasteiger partial charge in [-0.3, -0.25) is 4.90 Å². The molecule has 1 fully saturated rings. The Bertz CT molecular complexity index is 558. The maximum absolute atomic E-state index is 12.6. The van der Waals surface area contributed by atoms with E-state index in [1.165, 1.54) is 0 Å². The van der Waals surface area contributed by atoms with E-state index in [2.05, 4.69) is 34.7 Å². The van der Waals surface area contributed by atoms with Crippen LogP contribution in [0.15, 0.2) is 33.6 Å². The van der Waals surface area contributed by atoms with Gasteiger partial charge in [0.15, 0.2) is 0 Å². The summed E-state index contributed by atoms with van der Waals surface area (Å²) in [4.78, 5) is 2.70. The minimum atomic E-state index is -3.37.